The van der Waals surface area contributed by atoms with Gasteiger partial charge in [-0.15, -0.1) is 0 Å². The van der Waals surface area contributed by atoms with Gasteiger partial charge in [-0.3, -0.25) is 0 Å². The topological polar surface area (TPSA) is 46.5 Å². The molecule has 2 rings (SSSR count). The van der Waals surface area contributed by atoms with Gasteiger partial charge in [0.2, 0.25) is 0 Å². The van der Waals surface area contributed by atoms with Crippen molar-refractivity contribution in [2.75, 3.05) is 7.11 Å². The van der Waals surface area contributed by atoms with Crippen molar-refractivity contribution in [1.29, 1.82) is 0 Å². The summed E-state index contributed by atoms with van der Waals surface area (Å²) in [6.07, 6.45) is 3.78. The van der Waals surface area contributed by atoms with Crippen LogP contribution in [0.25, 0.3) is 0 Å². The molecule has 96 valence electrons. The van der Waals surface area contributed by atoms with Crippen LogP contribution >= 0.6 is 0 Å². The van der Waals surface area contributed by atoms with E-state index in [9.17, 15) is 9.18 Å². The van der Waals surface area contributed by atoms with Crippen molar-refractivity contribution in [3.05, 3.63) is 41.2 Å². The lowest BCUT2D eigenvalue weighted by atomic mass is 10.0. The Labute approximate surface area is 105 Å². The first-order valence-corrected chi connectivity index (χ1v) is 5.86. The van der Waals surface area contributed by atoms with Crippen LogP contribution in [0.4, 0.5) is 4.39 Å². The molecule has 0 saturated heterocycles. The zero-order valence-corrected chi connectivity index (χ0v) is 10.1. The van der Waals surface area contributed by atoms with Crippen molar-refractivity contribution in [1.82, 2.24) is 0 Å². The van der Waals surface area contributed by atoms with Gasteiger partial charge in [-0.25, -0.2) is 9.18 Å². The van der Waals surface area contributed by atoms with E-state index < -0.39 is 11.8 Å². The van der Waals surface area contributed by atoms with Crippen molar-refractivity contribution < 1.29 is 19.0 Å². The molecular weight excluding hydrogens is 235 g/mol. The Kier molecular flexibility index (Phi) is 3.65. The molecule has 0 heterocycles. The number of carbonyl (C=O) groups is 1. The molecule has 1 aliphatic rings. The molecule has 0 aliphatic heterocycles. The maximum atomic E-state index is 13.5. The smallest absolute Gasteiger partial charge is 0.328 e. The van der Waals surface area contributed by atoms with Crippen molar-refractivity contribution in [3.63, 3.8) is 0 Å². The second-order valence-corrected chi connectivity index (χ2v) is 4.48. The largest absolute Gasteiger partial charge is 0.494 e. The van der Waals surface area contributed by atoms with E-state index in [2.05, 4.69) is 0 Å². The Morgan fingerprint density at radius 1 is 1.56 bits per heavy atom. The highest BCUT2D eigenvalue weighted by Gasteiger charge is 2.26. The number of benzene rings is 1. The minimum absolute atomic E-state index is 0.203. The minimum Gasteiger partial charge on any atom is -0.494 e. The Morgan fingerprint density at radius 2 is 2.28 bits per heavy atom. The van der Waals surface area contributed by atoms with Gasteiger partial charge in [-0.05, 0) is 42.9 Å². The Morgan fingerprint density at radius 3 is 2.78 bits per heavy atom. The minimum atomic E-state index is -0.939. The number of hydrogen-bond donors (Lipinski definition) is 1. The number of carboxylic acids is 1. The van der Waals surface area contributed by atoms with Crippen molar-refractivity contribution in [2.24, 2.45) is 5.92 Å². The summed E-state index contributed by atoms with van der Waals surface area (Å²) < 4.78 is 18.4. The molecule has 0 aromatic heterocycles. The summed E-state index contributed by atoms with van der Waals surface area (Å²) in [5.41, 5.74) is 1.64. The van der Waals surface area contributed by atoms with Gasteiger partial charge in [0.1, 0.15) is 0 Å². The summed E-state index contributed by atoms with van der Waals surface area (Å²) in [6.45, 7) is 0. The zero-order valence-electron chi connectivity index (χ0n) is 10.1. The molecule has 1 fully saturated rings. The van der Waals surface area contributed by atoms with E-state index in [1.54, 1.807) is 12.1 Å². The number of ether oxygens (including phenoxy) is 1. The first kappa shape index (κ1) is 12.6. The SMILES string of the molecule is COc1ccc(C/C(=C/C(=O)O)C2CC2)cc1F. The molecule has 18 heavy (non-hydrogen) atoms. The number of methoxy groups -OCH3 is 1. The maximum Gasteiger partial charge on any atom is 0.328 e. The predicted molar refractivity (Wildman–Crippen MR) is 65.1 cm³/mol. The monoisotopic (exact) mass is 250 g/mol. The third kappa shape index (κ3) is 3.09. The number of rotatable bonds is 5. The fourth-order valence-electron chi connectivity index (χ4n) is 1.98. The lowest BCUT2D eigenvalue weighted by Crippen LogP contribution is -1.99. The van der Waals surface area contributed by atoms with Crippen LogP contribution < -0.4 is 4.74 Å². The van der Waals surface area contributed by atoms with E-state index in [0.29, 0.717) is 12.3 Å². The highest BCUT2D eigenvalue weighted by Crippen LogP contribution is 2.38. The normalized spacial score (nSPS) is 15.6. The molecule has 0 amide bonds. The highest BCUT2D eigenvalue weighted by molar-refractivity contribution is 5.81. The molecule has 3 nitrogen and oxygen atoms in total. The van der Waals surface area contributed by atoms with Gasteiger partial charge in [0, 0.05) is 6.08 Å². The third-order valence-corrected chi connectivity index (χ3v) is 3.04. The average molecular weight is 250 g/mol. The molecular formula is C14H15FO3. The average Bonchev–Trinajstić information content (AvgIpc) is 3.11. The van der Waals surface area contributed by atoms with Gasteiger partial charge in [0.05, 0.1) is 7.11 Å². The predicted octanol–water partition coefficient (Wildman–Crippen LogP) is 2.80. The van der Waals surface area contributed by atoms with Crippen molar-refractivity contribution in [3.8, 4) is 5.75 Å². The number of carboxylic acid groups (broad SMARTS) is 1. The summed E-state index contributed by atoms with van der Waals surface area (Å²) in [5.74, 6) is -0.799. The quantitative estimate of drug-likeness (QED) is 0.817. The Balaban J connectivity index is 2.16. The van der Waals surface area contributed by atoms with Gasteiger partial charge >= 0.3 is 5.97 Å². The van der Waals surface area contributed by atoms with Crippen LogP contribution in [0.1, 0.15) is 18.4 Å². The van der Waals surface area contributed by atoms with E-state index in [1.807, 2.05) is 0 Å². The van der Waals surface area contributed by atoms with Gasteiger partial charge in [0.15, 0.2) is 11.6 Å². The zero-order chi connectivity index (χ0) is 13.1. The van der Waals surface area contributed by atoms with Gasteiger partial charge in [-0.2, -0.15) is 0 Å². The number of halogens is 1. The fourth-order valence-corrected chi connectivity index (χ4v) is 1.98. The van der Waals surface area contributed by atoms with E-state index >= 15 is 0 Å². The molecule has 0 bridgehead atoms. The molecule has 0 spiro atoms. The lowest BCUT2D eigenvalue weighted by Gasteiger charge is -2.07. The van der Waals surface area contributed by atoms with Crippen molar-refractivity contribution >= 4 is 5.97 Å². The number of hydrogen-bond acceptors (Lipinski definition) is 2. The third-order valence-electron chi connectivity index (χ3n) is 3.04. The summed E-state index contributed by atoms with van der Waals surface area (Å²) in [7, 11) is 1.41. The van der Waals surface area contributed by atoms with E-state index in [-0.39, 0.29) is 5.75 Å². The number of aliphatic carboxylic acids is 1. The van der Waals surface area contributed by atoms with Crippen LogP contribution in [0, 0.1) is 11.7 Å². The Hall–Kier alpha value is -1.84. The number of allylic oxidation sites excluding steroid dienone is 1. The second-order valence-electron chi connectivity index (χ2n) is 4.48. The van der Waals surface area contributed by atoms with Crippen LogP contribution in [-0.2, 0) is 11.2 Å². The molecule has 4 heteroatoms. The van der Waals surface area contributed by atoms with Crippen molar-refractivity contribution in [2.45, 2.75) is 19.3 Å². The summed E-state index contributed by atoms with van der Waals surface area (Å²) in [5, 5.41) is 8.80. The first-order chi connectivity index (χ1) is 8.60. The van der Waals surface area contributed by atoms with Crippen LogP contribution in [0.5, 0.6) is 5.75 Å². The standard InChI is InChI=1S/C14H15FO3/c1-18-13-5-2-9(7-12(13)15)6-11(8-14(16)17)10-3-4-10/h2,5,7-8,10H,3-4,6H2,1H3,(H,16,17)/b11-8-. The first-order valence-electron chi connectivity index (χ1n) is 5.86. The van der Waals surface area contributed by atoms with Crippen LogP contribution in [0.3, 0.4) is 0 Å². The van der Waals surface area contributed by atoms with E-state index in [0.717, 1.165) is 24.0 Å². The molecule has 1 aliphatic carbocycles. The van der Waals surface area contributed by atoms with Gasteiger partial charge < -0.3 is 9.84 Å². The van der Waals surface area contributed by atoms with Crippen LogP contribution in [-0.4, -0.2) is 18.2 Å². The maximum absolute atomic E-state index is 13.5. The lowest BCUT2D eigenvalue weighted by molar-refractivity contribution is -0.131. The van der Waals surface area contributed by atoms with E-state index in [4.69, 9.17) is 9.84 Å². The van der Waals surface area contributed by atoms with Crippen LogP contribution in [0.2, 0.25) is 0 Å². The molecule has 0 atom stereocenters. The summed E-state index contributed by atoms with van der Waals surface area (Å²) in [6, 6.07) is 4.73. The molecule has 1 aromatic rings. The molecule has 0 unspecified atom stereocenters. The van der Waals surface area contributed by atoms with E-state index in [1.165, 1.54) is 19.3 Å². The van der Waals surface area contributed by atoms with Gasteiger partial charge in [0.25, 0.3) is 0 Å². The fraction of sp³-hybridized carbons (Fsp3) is 0.357. The molecule has 1 aromatic carbocycles. The second kappa shape index (κ2) is 5.21. The van der Waals surface area contributed by atoms with Gasteiger partial charge in [-0.1, -0.05) is 11.6 Å². The summed E-state index contributed by atoms with van der Waals surface area (Å²) >= 11 is 0. The summed E-state index contributed by atoms with van der Waals surface area (Å²) in [4.78, 5) is 10.7. The molecule has 1 saturated carbocycles. The molecule has 0 radical (unpaired) electrons. The highest BCUT2D eigenvalue weighted by atomic mass is 19.1. The Bertz CT molecular complexity index is 490. The molecule has 1 N–H and O–H groups in total. The van der Waals surface area contributed by atoms with Crippen LogP contribution in [0.15, 0.2) is 29.8 Å².